The van der Waals surface area contributed by atoms with E-state index in [2.05, 4.69) is 29.3 Å². The lowest BCUT2D eigenvalue weighted by Gasteiger charge is -2.19. The van der Waals surface area contributed by atoms with Gasteiger partial charge < -0.3 is 4.74 Å². The Morgan fingerprint density at radius 2 is 2.00 bits per heavy atom. The summed E-state index contributed by atoms with van der Waals surface area (Å²) in [6.45, 7) is 5.58. The molecular formula is C15H18FNOS. The Labute approximate surface area is 117 Å². The number of nitrogens with zero attached hydrogens (tertiary/aromatic N) is 1. The Bertz CT molecular complexity index is 469. The van der Waals surface area contributed by atoms with E-state index in [1.165, 1.54) is 17.0 Å². The summed E-state index contributed by atoms with van der Waals surface area (Å²) in [6.07, 6.45) is 0. The van der Waals surface area contributed by atoms with Gasteiger partial charge in [0, 0.05) is 18.0 Å². The molecule has 0 unspecified atom stereocenters. The van der Waals surface area contributed by atoms with Crippen molar-refractivity contribution in [2.45, 2.75) is 13.5 Å². The first-order chi connectivity index (χ1) is 9.28. The number of rotatable bonds is 7. The van der Waals surface area contributed by atoms with Crippen molar-refractivity contribution in [2.75, 3.05) is 19.7 Å². The maximum Gasteiger partial charge on any atom is 0.123 e. The molecule has 0 radical (unpaired) electrons. The molecule has 4 heteroatoms. The van der Waals surface area contributed by atoms with Crippen molar-refractivity contribution in [3.63, 3.8) is 0 Å². The van der Waals surface area contributed by atoms with Crippen LogP contribution in [0.15, 0.2) is 41.8 Å². The van der Waals surface area contributed by atoms with E-state index in [9.17, 15) is 4.39 Å². The third-order valence-electron chi connectivity index (χ3n) is 2.90. The van der Waals surface area contributed by atoms with E-state index >= 15 is 0 Å². The summed E-state index contributed by atoms with van der Waals surface area (Å²) in [7, 11) is 0. The van der Waals surface area contributed by atoms with Crippen molar-refractivity contribution in [1.29, 1.82) is 0 Å². The fourth-order valence-electron chi connectivity index (χ4n) is 1.80. The molecule has 1 aromatic carbocycles. The quantitative estimate of drug-likeness (QED) is 0.764. The highest BCUT2D eigenvalue weighted by Gasteiger charge is 2.04. The van der Waals surface area contributed by atoms with Crippen LogP contribution in [0.3, 0.4) is 0 Å². The monoisotopic (exact) mass is 279 g/mol. The first-order valence-electron chi connectivity index (χ1n) is 6.41. The van der Waals surface area contributed by atoms with E-state index in [1.807, 2.05) is 0 Å². The highest BCUT2D eigenvalue weighted by atomic mass is 32.1. The molecule has 0 aliphatic carbocycles. The lowest BCUT2D eigenvalue weighted by atomic mass is 10.3. The smallest absolute Gasteiger partial charge is 0.123 e. The lowest BCUT2D eigenvalue weighted by molar-refractivity contribution is 0.211. The molecule has 2 nitrogen and oxygen atoms in total. The molecule has 0 bridgehead atoms. The zero-order valence-electron chi connectivity index (χ0n) is 11.0. The number of halogens is 1. The number of ether oxygens (including phenoxy) is 1. The van der Waals surface area contributed by atoms with Crippen molar-refractivity contribution in [3.05, 3.63) is 52.5 Å². The van der Waals surface area contributed by atoms with Gasteiger partial charge in [-0.25, -0.2) is 4.39 Å². The highest BCUT2D eigenvalue weighted by molar-refractivity contribution is 7.09. The molecule has 0 spiro atoms. The van der Waals surface area contributed by atoms with Gasteiger partial charge in [-0.1, -0.05) is 13.0 Å². The molecule has 102 valence electrons. The second-order valence-electron chi connectivity index (χ2n) is 4.25. The van der Waals surface area contributed by atoms with Crippen molar-refractivity contribution < 1.29 is 9.13 Å². The zero-order valence-corrected chi connectivity index (χ0v) is 11.8. The van der Waals surface area contributed by atoms with E-state index in [0.717, 1.165) is 19.6 Å². The van der Waals surface area contributed by atoms with E-state index in [1.54, 1.807) is 23.5 Å². The highest BCUT2D eigenvalue weighted by Crippen LogP contribution is 2.13. The van der Waals surface area contributed by atoms with Gasteiger partial charge >= 0.3 is 0 Å². The van der Waals surface area contributed by atoms with Gasteiger partial charge in [0.25, 0.3) is 0 Å². The van der Waals surface area contributed by atoms with Gasteiger partial charge in [0.1, 0.15) is 18.2 Å². The van der Waals surface area contributed by atoms with Crippen molar-refractivity contribution in [3.8, 4) is 5.75 Å². The zero-order chi connectivity index (χ0) is 13.5. The maximum atomic E-state index is 12.7. The minimum absolute atomic E-state index is 0.236. The average Bonchev–Trinajstić information content (AvgIpc) is 2.93. The fourth-order valence-corrected chi connectivity index (χ4v) is 2.54. The van der Waals surface area contributed by atoms with E-state index in [4.69, 9.17) is 4.74 Å². The number of likely N-dealkylation sites (N-methyl/N-ethyl adjacent to an activating group) is 1. The molecule has 0 atom stereocenters. The number of hydrogen-bond acceptors (Lipinski definition) is 3. The molecule has 19 heavy (non-hydrogen) atoms. The molecule has 0 amide bonds. The van der Waals surface area contributed by atoms with Gasteiger partial charge in [-0.3, -0.25) is 4.90 Å². The topological polar surface area (TPSA) is 12.5 Å². The molecule has 0 saturated carbocycles. The first-order valence-corrected chi connectivity index (χ1v) is 7.29. The van der Waals surface area contributed by atoms with Gasteiger partial charge in [0.05, 0.1) is 0 Å². The third kappa shape index (κ3) is 4.65. The van der Waals surface area contributed by atoms with Crippen LogP contribution in [0, 0.1) is 5.82 Å². The SMILES string of the molecule is CCN(CCOc1ccc(F)cc1)Cc1cccs1. The maximum absolute atomic E-state index is 12.7. The minimum Gasteiger partial charge on any atom is -0.492 e. The van der Waals surface area contributed by atoms with Gasteiger partial charge in [-0.05, 0) is 42.3 Å². The lowest BCUT2D eigenvalue weighted by Crippen LogP contribution is -2.27. The van der Waals surface area contributed by atoms with E-state index in [-0.39, 0.29) is 5.82 Å². The largest absolute Gasteiger partial charge is 0.492 e. The van der Waals surface area contributed by atoms with Crippen LogP contribution >= 0.6 is 11.3 Å². The molecule has 0 aliphatic rings. The summed E-state index contributed by atoms with van der Waals surface area (Å²) in [5.74, 6) is 0.480. The molecule has 0 fully saturated rings. The summed E-state index contributed by atoms with van der Waals surface area (Å²) in [5.41, 5.74) is 0. The molecule has 2 aromatic rings. The standard InChI is InChI=1S/C15H18FNOS/c1-2-17(12-15-4-3-11-19-15)9-10-18-14-7-5-13(16)6-8-14/h3-8,11H,2,9-10,12H2,1H3. The number of thiophene rings is 1. The Balaban J connectivity index is 1.75. The van der Waals surface area contributed by atoms with Crippen LogP contribution in [0.4, 0.5) is 4.39 Å². The van der Waals surface area contributed by atoms with Crippen LogP contribution < -0.4 is 4.74 Å². The Hall–Kier alpha value is -1.39. The molecule has 1 heterocycles. The van der Waals surface area contributed by atoms with Gasteiger partial charge in [-0.15, -0.1) is 11.3 Å². The Morgan fingerprint density at radius 1 is 1.21 bits per heavy atom. The number of hydrogen-bond donors (Lipinski definition) is 0. The summed E-state index contributed by atoms with van der Waals surface area (Å²) in [5, 5.41) is 2.10. The molecular weight excluding hydrogens is 261 g/mol. The Morgan fingerprint density at radius 3 is 2.63 bits per heavy atom. The molecule has 0 N–H and O–H groups in total. The average molecular weight is 279 g/mol. The first kappa shape index (κ1) is 14.0. The molecule has 0 saturated heterocycles. The minimum atomic E-state index is -0.236. The van der Waals surface area contributed by atoms with Crippen LogP contribution in [0.5, 0.6) is 5.75 Å². The van der Waals surface area contributed by atoms with Crippen molar-refractivity contribution >= 4 is 11.3 Å². The number of benzene rings is 1. The van der Waals surface area contributed by atoms with Crippen molar-refractivity contribution in [2.24, 2.45) is 0 Å². The summed E-state index contributed by atoms with van der Waals surface area (Å²) in [6, 6.07) is 10.4. The predicted molar refractivity (Wildman–Crippen MR) is 77.2 cm³/mol. The molecule has 1 aromatic heterocycles. The normalized spacial score (nSPS) is 10.9. The van der Waals surface area contributed by atoms with Gasteiger partial charge in [-0.2, -0.15) is 0 Å². The Kier molecular flexibility index (Phi) is 5.36. The second-order valence-corrected chi connectivity index (χ2v) is 5.28. The molecule has 0 aliphatic heterocycles. The predicted octanol–water partition coefficient (Wildman–Crippen LogP) is 3.79. The fraction of sp³-hybridized carbons (Fsp3) is 0.333. The van der Waals surface area contributed by atoms with E-state index < -0.39 is 0 Å². The van der Waals surface area contributed by atoms with E-state index in [0.29, 0.717) is 12.4 Å². The summed E-state index contributed by atoms with van der Waals surface area (Å²) in [4.78, 5) is 3.69. The van der Waals surface area contributed by atoms with Gasteiger partial charge in [0.2, 0.25) is 0 Å². The molecule has 2 rings (SSSR count). The van der Waals surface area contributed by atoms with Crippen LogP contribution in [0.25, 0.3) is 0 Å². The summed E-state index contributed by atoms with van der Waals surface area (Å²) < 4.78 is 18.3. The van der Waals surface area contributed by atoms with Crippen LogP contribution in [0.2, 0.25) is 0 Å². The van der Waals surface area contributed by atoms with Gasteiger partial charge in [0.15, 0.2) is 0 Å². The third-order valence-corrected chi connectivity index (χ3v) is 3.76. The summed E-state index contributed by atoms with van der Waals surface area (Å²) >= 11 is 1.77. The van der Waals surface area contributed by atoms with Crippen molar-refractivity contribution in [1.82, 2.24) is 4.90 Å². The van der Waals surface area contributed by atoms with Crippen LogP contribution in [-0.4, -0.2) is 24.6 Å². The van der Waals surface area contributed by atoms with Crippen LogP contribution in [-0.2, 0) is 6.54 Å². The van der Waals surface area contributed by atoms with Crippen LogP contribution in [0.1, 0.15) is 11.8 Å². The second kappa shape index (κ2) is 7.26.